The van der Waals surface area contributed by atoms with Crippen LogP contribution < -0.4 is 5.32 Å². The summed E-state index contributed by atoms with van der Waals surface area (Å²) in [6.07, 6.45) is 3.49. The first-order valence-electron chi connectivity index (χ1n) is 6.18. The first-order valence-corrected chi connectivity index (χ1v) is 6.18. The highest BCUT2D eigenvalue weighted by Crippen LogP contribution is 2.01. The van der Waals surface area contributed by atoms with Gasteiger partial charge in [-0.1, -0.05) is 11.8 Å². The Morgan fingerprint density at radius 1 is 1.53 bits per heavy atom. The fourth-order valence-corrected chi connectivity index (χ4v) is 1.34. The molecule has 0 unspecified atom stereocenters. The number of pyridine rings is 1. The molecule has 1 aromatic rings. The maximum absolute atomic E-state index is 11.8. The molecule has 0 aromatic carbocycles. The molecule has 19 heavy (non-hydrogen) atoms. The maximum Gasteiger partial charge on any atom is 0.252 e. The Labute approximate surface area is 113 Å². The monoisotopic (exact) mass is 262 g/mol. The van der Waals surface area contributed by atoms with Crippen LogP contribution in [0.25, 0.3) is 0 Å². The molecule has 0 aliphatic rings. The summed E-state index contributed by atoms with van der Waals surface area (Å²) in [5, 5.41) is 11.4. The van der Waals surface area contributed by atoms with E-state index in [1.807, 2.05) is 6.92 Å². The van der Waals surface area contributed by atoms with Crippen molar-refractivity contribution in [3.05, 3.63) is 29.6 Å². The van der Waals surface area contributed by atoms with Crippen molar-refractivity contribution < 1.29 is 14.6 Å². The van der Waals surface area contributed by atoms with Gasteiger partial charge in [-0.3, -0.25) is 9.78 Å². The van der Waals surface area contributed by atoms with E-state index in [1.165, 1.54) is 6.20 Å². The van der Waals surface area contributed by atoms with Gasteiger partial charge in [0.15, 0.2) is 0 Å². The van der Waals surface area contributed by atoms with E-state index in [9.17, 15) is 4.79 Å². The van der Waals surface area contributed by atoms with Gasteiger partial charge in [-0.05, 0) is 13.0 Å². The minimum Gasteiger partial charge on any atom is -0.395 e. The summed E-state index contributed by atoms with van der Waals surface area (Å²) < 4.78 is 5.13. The minimum atomic E-state index is -0.196. The summed E-state index contributed by atoms with van der Waals surface area (Å²) in [7, 11) is 0. The second kappa shape index (κ2) is 9.09. The smallest absolute Gasteiger partial charge is 0.252 e. The van der Waals surface area contributed by atoms with E-state index in [4.69, 9.17) is 9.84 Å². The number of carbonyl (C=O) groups is 1. The van der Waals surface area contributed by atoms with Crippen LogP contribution in [0.3, 0.4) is 0 Å². The van der Waals surface area contributed by atoms with E-state index in [-0.39, 0.29) is 12.5 Å². The molecule has 0 atom stereocenters. The SMILES string of the molecule is CCOCCNC(=O)c1cncc(C#CCCO)c1. The fourth-order valence-electron chi connectivity index (χ4n) is 1.34. The molecule has 0 aliphatic carbocycles. The van der Waals surface area contributed by atoms with Crippen LogP contribution in [0.4, 0.5) is 0 Å². The first kappa shape index (κ1) is 15.2. The lowest BCUT2D eigenvalue weighted by Crippen LogP contribution is -2.27. The number of hydrogen-bond acceptors (Lipinski definition) is 4. The van der Waals surface area contributed by atoms with Crippen LogP contribution in [-0.4, -0.2) is 42.4 Å². The van der Waals surface area contributed by atoms with Crippen molar-refractivity contribution in [2.24, 2.45) is 0 Å². The summed E-state index contributed by atoms with van der Waals surface area (Å²) >= 11 is 0. The number of aliphatic hydroxyl groups is 1. The summed E-state index contributed by atoms with van der Waals surface area (Å²) in [6.45, 7) is 3.52. The molecule has 0 fully saturated rings. The Morgan fingerprint density at radius 2 is 2.37 bits per heavy atom. The number of rotatable bonds is 6. The highest BCUT2D eigenvalue weighted by Gasteiger charge is 2.05. The third-order valence-corrected chi connectivity index (χ3v) is 2.21. The molecule has 5 nitrogen and oxygen atoms in total. The van der Waals surface area contributed by atoms with Crippen molar-refractivity contribution >= 4 is 5.91 Å². The molecule has 0 spiro atoms. The number of nitrogens with one attached hydrogen (secondary N) is 1. The number of amides is 1. The van der Waals surface area contributed by atoms with Crippen molar-refractivity contribution in [2.75, 3.05) is 26.4 Å². The van der Waals surface area contributed by atoms with Crippen LogP contribution in [-0.2, 0) is 4.74 Å². The quantitative estimate of drug-likeness (QED) is 0.581. The van der Waals surface area contributed by atoms with Gasteiger partial charge in [0.25, 0.3) is 5.91 Å². The Balaban J connectivity index is 2.56. The van der Waals surface area contributed by atoms with E-state index in [0.29, 0.717) is 37.3 Å². The molecule has 5 heteroatoms. The molecule has 0 bridgehead atoms. The largest absolute Gasteiger partial charge is 0.395 e. The predicted molar refractivity (Wildman–Crippen MR) is 71.6 cm³/mol. The van der Waals surface area contributed by atoms with E-state index in [1.54, 1.807) is 12.3 Å². The lowest BCUT2D eigenvalue weighted by molar-refractivity contribution is 0.0922. The van der Waals surface area contributed by atoms with Gasteiger partial charge in [-0.25, -0.2) is 0 Å². The summed E-state index contributed by atoms with van der Waals surface area (Å²) in [5.41, 5.74) is 1.12. The normalized spacial score (nSPS) is 9.58. The molecule has 1 amide bonds. The fraction of sp³-hybridized carbons (Fsp3) is 0.429. The van der Waals surface area contributed by atoms with Gasteiger partial charge in [-0.15, -0.1) is 0 Å². The van der Waals surface area contributed by atoms with E-state index in [2.05, 4.69) is 22.1 Å². The molecular formula is C14H18N2O3. The third-order valence-electron chi connectivity index (χ3n) is 2.21. The van der Waals surface area contributed by atoms with Crippen LogP contribution >= 0.6 is 0 Å². The number of carbonyl (C=O) groups excluding carboxylic acids is 1. The average molecular weight is 262 g/mol. The van der Waals surface area contributed by atoms with Gasteiger partial charge in [0, 0.05) is 37.5 Å². The highest BCUT2D eigenvalue weighted by atomic mass is 16.5. The number of hydrogen-bond donors (Lipinski definition) is 2. The zero-order valence-corrected chi connectivity index (χ0v) is 11.0. The van der Waals surface area contributed by atoms with Crippen LogP contribution in [0.5, 0.6) is 0 Å². The van der Waals surface area contributed by atoms with E-state index >= 15 is 0 Å². The molecule has 2 N–H and O–H groups in total. The number of aromatic nitrogens is 1. The maximum atomic E-state index is 11.8. The summed E-state index contributed by atoms with van der Waals surface area (Å²) in [6, 6.07) is 1.67. The topological polar surface area (TPSA) is 71.5 Å². The van der Waals surface area contributed by atoms with Gasteiger partial charge in [-0.2, -0.15) is 0 Å². The molecule has 1 aromatic heterocycles. The summed E-state index contributed by atoms with van der Waals surface area (Å²) in [5.74, 6) is 5.43. The van der Waals surface area contributed by atoms with Crippen molar-refractivity contribution in [2.45, 2.75) is 13.3 Å². The zero-order valence-electron chi connectivity index (χ0n) is 11.0. The van der Waals surface area contributed by atoms with E-state index < -0.39 is 0 Å². The third kappa shape index (κ3) is 6.00. The van der Waals surface area contributed by atoms with Gasteiger partial charge in [0.05, 0.1) is 18.8 Å². The van der Waals surface area contributed by atoms with E-state index in [0.717, 1.165) is 0 Å². The van der Waals surface area contributed by atoms with Crippen molar-refractivity contribution in [1.29, 1.82) is 0 Å². The average Bonchev–Trinajstić information content (AvgIpc) is 2.44. The predicted octanol–water partition coefficient (Wildman–Crippen LogP) is 0.582. The highest BCUT2D eigenvalue weighted by molar-refractivity contribution is 5.94. The van der Waals surface area contributed by atoms with Gasteiger partial charge in [0.2, 0.25) is 0 Å². The minimum absolute atomic E-state index is 0.0258. The molecule has 0 saturated carbocycles. The van der Waals surface area contributed by atoms with Crippen LogP contribution in [0.15, 0.2) is 18.5 Å². The molecule has 0 radical (unpaired) electrons. The summed E-state index contributed by atoms with van der Waals surface area (Å²) in [4.78, 5) is 15.8. The Hall–Kier alpha value is -1.90. The zero-order chi connectivity index (χ0) is 13.9. The molecular weight excluding hydrogens is 244 g/mol. The van der Waals surface area contributed by atoms with Gasteiger partial charge < -0.3 is 15.2 Å². The Bertz CT molecular complexity index is 463. The number of ether oxygens (including phenoxy) is 1. The van der Waals surface area contributed by atoms with Crippen molar-refractivity contribution in [3.63, 3.8) is 0 Å². The molecule has 0 aliphatic heterocycles. The lowest BCUT2D eigenvalue weighted by Gasteiger charge is -2.05. The van der Waals surface area contributed by atoms with Gasteiger partial charge in [0.1, 0.15) is 0 Å². The molecule has 1 heterocycles. The molecule has 1 rings (SSSR count). The van der Waals surface area contributed by atoms with Crippen LogP contribution in [0.1, 0.15) is 29.3 Å². The lowest BCUT2D eigenvalue weighted by atomic mass is 10.2. The molecule has 102 valence electrons. The Kier molecular flexibility index (Phi) is 7.25. The number of aliphatic hydroxyl groups excluding tert-OH is 1. The second-order valence-corrected chi connectivity index (χ2v) is 3.69. The standard InChI is InChI=1S/C14H18N2O3/c1-2-19-8-6-16-14(18)13-9-12(10-15-11-13)5-3-4-7-17/h9-11,17H,2,4,6-8H2,1H3,(H,16,18). The van der Waals surface area contributed by atoms with Gasteiger partial charge >= 0.3 is 0 Å². The first-order chi connectivity index (χ1) is 9.27. The molecule has 0 saturated heterocycles. The van der Waals surface area contributed by atoms with Crippen molar-refractivity contribution in [3.8, 4) is 11.8 Å². The second-order valence-electron chi connectivity index (χ2n) is 3.69. The Morgan fingerprint density at radius 3 is 3.11 bits per heavy atom. The number of nitrogens with zero attached hydrogens (tertiary/aromatic N) is 1. The van der Waals surface area contributed by atoms with Crippen LogP contribution in [0.2, 0.25) is 0 Å². The van der Waals surface area contributed by atoms with Crippen LogP contribution in [0, 0.1) is 11.8 Å². The van der Waals surface area contributed by atoms with Crippen molar-refractivity contribution in [1.82, 2.24) is 10.3 Å².